The van der Waals surface area contributed by atoms with Crippen molar-refractivity contribution in [3.8, 4) is 0 Å². The number of nitrogens with zero attached hydrogens (tertiary/aromatic N) is 2. The highest BCUT2D eigenvalue weighted by Gasteiger charge is 2.10. The van der Waals surface area contributed by atoms with E-state index in [1.165, 1.54) is 141 Å². The summed E-state index contributed by atoms with van der Waals surface area (Å²) in [6, 6.07) is 0.796. The van der Waals surface area contributed by atoms with Crippen LogP contribution in [0.1, 0.15) is 168 Å². The predicted molar refractivity (Wildman–Crippen MR) is 153 cm³/mol. The first-order chi connectivity index (χ1) is 16.9. The third-order valence-electron chi connectivity index (χ3n) is 7.32. The maximum absolute atomic E-state index is 4.90. The van der Waals surface area contributed by atoms with E-state index in [1.807, 2.05) is 0 Å². The Morgan fingerprint density at radius 3 is 1.12 bits per heavy atom. The molecule has 0 saturated heterocycles. The van der Waals surface area contributed by atoms with Gasteiger partial charge in [0.1, 0.15) is 0 Å². The van der Waals surface area contributed by atoms with Crippen LogP contribution in [0.25, 0.3) is 0 Å². The minimum Gasteiger partial charge on any atom is -0.190 e. The van der Waals surface area contributed by atoms with Gasteiger partial charge in [0.15, 0.2) is 0 Å². The molecule has 2 atom stereocenters. The minimum atomic E-state index is 0.398. The summed E-state index contributed by atoms with van der Waals surface area (Å²) in [5.41, 5.74) is 0. The average Bonchev–Trinajstić information content (AvgIpc) is 2.84. The molecule has 0 aromatic heterocycles. The van der Waals surface area contributed by atoms with Gasteiger partial charge in [-0.05, 0) is 38.5 Å². The highest BCUT2D eigenvalue weighted by atomic mass is 15.1. The molecule has 0 fully saturated rings. The Bertz CT molecular complexity index is 449. The van der Waals surface area contributed by atoms with Crippen LogP contribution in [0.4, 0.5) is 0 Å². The first-order valence-electron chi connectivity index (χ1n) is 15.6. The molecule has 0 spiro atoms. The maximum Gasteiger partial charge on any atom is 0.0742 e. The predicted octanol–water partition coefficient (Wildman–Crippen LogP) is 11.7. The van der Waals surface area contributed by atoms with Crippen molar-refractivity contribution in [1.29, 1.82) is 0 Å². The SMILES string of the molecule is CCCCCCCCCCCC1C/C=C/CC/C=C/CC(CCCCCCCCCCC)N=N1. The summed E-state index contributed by atoms with van der Waals surface area (Å²) in [6.45, 7) is 4.59. The van der Waals surface area contributed by atoms with Gasteiger partial charge >= 0.3 is 0 Å². The quantitative estimate of drug-likeness (QED) is 0.124. The van der Waals surface area contributed by atoms with Gasteiger partial charge in [-0.15, -0.1) is 0 Å². The van der Waals surface area contributed by atoms with Gasteiger partial charge < -0.3 is 0 Å². The van der Waals surface area contributed by atoms with Gasteiger partial charge in [-0.25, -0.2) is 0 Å². The lowest BCUT2D eigenvalue weighted by Gasteiger charge is -2.13. The van der Waals surface area contributed by atoms with E-state index >= 15 is 0 Å². The lowest BCUT2D eigenvalue weighted by molar-refractivity contribution is 0.480. The fourth-order valence-electron chi connectivity index (χ4n) is 4.95. The molecule has 0 radical (unpaired) electrons. The molecule has 0 bridgehead atoms. The van der Waals surface area contributed by atoms with Gasteiger partial charge in [0.05, 0.1) is 12.1 Å². The second-order valence-corrected chi connectivity index (χ2v) is 10.8. The highest BCUT2D eigenvalue weighted by molar-refractivity contribution is 4.92. The zero-order valence-electron chi connectivity index (χ0n) is 23.3. The van der Waals surface area contributed by atoms with Gasteiger partial charge in [-0.1, -0.05) is 154 Å². The summed E-state index contributed by atoms with van der Waals surface area (Å²) in [5, 5.41) is 9.81. The van der Waals surface area contributed by atoms with Crippen molar-refractivity contribution in [1.82, 2.24) is 0 Å². The van der Waals surface area contributed by atoms with Crippen LogP contribution in [-0.2, 0) is 0 Å². The van der Waals surface area contributed by atoms with Crippen molar-refractivity contribution in [2.45, 2.75) is 180 Å². The Labute approximate surface area is 214 Å². The molecule has 1 heterocycles. The van der Waals surface area contributed by atoms with Gasteiger partial charge in [-0.3, -0.25) is 0 Å². The number of unbranched alkanes of at least 4 members (excludes halogenated alkanes) is 16. The van der Waals surface area contributed by atoms with Crippen LogP contribution < -0.4 is 0 Å². The summed E-state index contributed by atoms with van der Waals surface area (Å²) in [6.07, 6.45) is 41.5. The fraction of sp³-hybridized carbons (Fsp3) is 0.875. The van der Waals surface area contributed by atoms with Crippen molar-refractivity contribution in [3.63, 3.8) is 0 Å². The van der Waals surface area contributed by atoms with Crippen LogP contribution in [0.3, 0.4) is 0 Å². The zero-order chi connectivity index (χ0) is 24.4. The van der Waals surface area contributed by atoms with E-state index in [0.29, 0.717) is 12.1 Å². The normalized spacial score (nSPS) is 21.1. The molecule has 34 heavy (non-hydrogen) atoms. The molecule has 2 unspecified atom stereocenters. The molecular weight excluding hydrogens is 412 g/mol. The van der Waals surface area contributed by atoms with Crippen LogP contribution >= 0.6 is 0 Å². The first kappa shape index (κ1) is 31.1. The van der Waals surface area contributed by atoms with E-state index < -0.39 is 0 Å². The maximum atomic E-state index is 4.90. The molecule has 0 aromatic rings. The van der Waals surface area contributed by atoms with Crippen molar-refractivity contribution in [2.24, 2.45) is 10.2 Å². The molecule has 0 aromatic carbocycles. The Hall–Kier alpha value is -0.920. The first-order valence-corrected chi connectivity index (χ1v) is 15.6. The van der Waals surface area contributed by atoms with Crippen molar-refractivity contribution in [3.05, 3.63) is 24.3 Å². The second kappa shape index (κ2) is 25.2. The number of hydrogen-bond acceptors (Lipinski definition) is 2. The fourth-order valence-corrected chi connectivity index (χ4v) is 4.95. The molecule has 198 valence electrons. The van der Waals surface area contributed by atoms with Crippen molar-refractivity contribution >= 4 is 0 Å². The van der Waals surface area contributed by atoms with Gasteiger partial charge in [-0.2, -0.15) is 10.2 Å². The van der Waals surface area contributed by atoms with E-state index in [2.05, 4.69) is 38.2 Å². The molecular formula is C32H60N2. The molecule has 1 rings (SSSR count). The van der Waals surface area contributed by atoms with E-state index in [9.17, 15) is 0 Å². The van der Waals surface area contributed by atoms with Crippen molar-refractivity contribution < 1.29 is 0 Å². The molecule has 1 aliphatic heterocycles. The average molecular weight is 473 g/mol. The van der Waals surface area contributed by atoms with Crippen LogP contribution in [0.5, 0.6) is 0 Å². The summed E-state index contributed by atoms with van der Waals surface area (Å²) < 4.78 is 0. The van der Waals surface area contributed by atoms with E-state index in [0.717, 1.165) is 12.8 Å². The molecule has 0 amide bonds. The van der Waals surface area contributed by atoms with Gasteiger partial charge in [0, 0.05) is 0 Å². The van der Waals surface area contributed by atoms with E-state index in [-0.39, 0.29) is 0 Å². The number of azo groups is 1. The van der Waals surface area contributed by atoms with E-state index in [1.54, 1.807) is 0 Å². The molecule has 0 saturated carbocycles. The monoisotopic (exact) mass is 472 g/mol. The Morgan fingerprint density at radius 2 is 0.765 bits per heavy atom. The molecule has 0 N–H and O–H groups in total. The summed E-state index contributed by atoms with van der Waals surface area (Å²) in [5.74, 6) is 0. The number of hydrogen-bond donors (Lipinski definition) is 0. The Kier molecular flexibility index (Phi) is 23.0. The lowest BCUT2D eigenvalue weighted by atomic mass is 10.0. The van der Waals surface area contributed by atoms with Crippen LogP contribution in [0.2, 0.25) is 0 Å². The van der Waals surface area contributed by atoms with Crippen LogP contribution in [0, 0.1) is 0 Å². The highest BCUT2D eigenvalue weighted by Crippen LogP contribution is 2.19. The van der Waals surface area contributed by atoms with E-state index in [4.69, 9.17) is 10.2 Å². The number of allylic oxidation sites excluding steroid dienone is 2. The second-order valence-electron chi connectivity index (χ2n) is 10.8. The van der Waals surface area contributed by atoms with Crippen LogP contribution in [-0.4, -0.2) is 12.1 Å². The number of rotatable bonds is 20. The topological polar surface area (TPSA) is 24.7 Å². The van der Waals surface area contributed by atoms with Crippen LogP contribution in [0.15, 0.2) is 34.5 Å². The standard InChI is InChI=1S/C32H60N2/c1-3-5-7-9-11-13-15-19-23-27-31-29-25-21-17-18-22-26-30-32(34-33-31)28-24-20-16-14-12-10-8-6-4-2/h21-22,25-26,31-32H,3-20,23-24,27-30H2,1-2H3/b25-21+,26-22+,34-33?. The third-order valence-corrected chi connectivity index (χ3v) is 7.32. The van der Waals surface area contributed by atoms with Crippen molar-refractivity contribution in [2.75, 3.05) is 0 Å². The molecule has 0 aliphatic carbocycles. The lowest BCUT2D eigenvalue weighted by Crippen LogP contribution is -2.07. The minimum absolute atomic E-state index is 0.398. The largest absolute Gasteiger partial charge is 0.190 e. The Morgan fingerprint density at radius 1 is 0.441 bits per heavy atom. The third kappa shape index (κ3) is 20.5. The molecule has 1 aliphatic rings. The zero-order valence-corrected chi connectivity index (χ0v) is 23.3. The van der Waals surface area contributed by atoms with Gasteiger partial charge in [0.25, 0.3) is 0 Å². The Balaban J connectivity index is 2.29. The molecule has 2 heteroatoms. The molecule has 2 nitrogen and oxygen atoms in total. The summed E-state index contributed by atoms with van der Waals surface area (Å²) in [7, 11) is 0. The smallest absolute Gasteiger partial charge is 0.0742 e. The summed E-state index contributed by atoms with van der Waals surface area (Å²) >= 11 is 0. The summed E-state index contributed by atoms with van der Waals surface area (Å²) in [4.78, 5) is 0. The van der Waals surface area contributed by atoms with Gasteiger partial charge in [0.2, 0.25) is 0 Å².